The molecule has 0 aliphatic carbocycles. The highest BCUT2D eigenvalue weighted by Gasteiger charge is 2.37. The van der Waals surface area contributed by atoms with E-state index in [9.17, 15) is 14.4 Å². The lowest BCUT2D eigenvalue weighted by molar-refractivity contribution is 0.0479. The van der Waals surface area contributed by atoms with Gasteiger partial charge >= 0.3 is 11.9 Å². The number of ketones is 1. The zero-order valence-electron chi connectivity index (χ0n) is 18.1. The van der Waals surface area contributed by atoms with Crippen molar-refractivity contribution in [2.45, 2.75) is 46.0 Å². The van der Waals surface area contributed by atoms with Gasteiger partial charge in [-0.15, -0.1) is 0 Å². The highest BCUT2D eigenvalue weighted by molar-refractivity contribution is 6.13. The second-order valence-electron chi connectivity index (χ2n) is 7.38. The van der Waals surface area contributed by atoms with Crippen LogP contribution in [0.25, 0.3) is 0 Å². The van der Waals surface area contributed by atoms with Crippen molar-refractivity contribution >= 4 is 23.6 Å². The third-order valence-corrected chi connectivity index (χ3v) is 5.23. The second kappa shape index (κ2) is 10.8. The Morgan fingerprint density at radius 2 is 1.52 bits per heavy atom. The first-order valence-electron chi connectivity index (χ1n) is 10.9. The summed E-state index contributed by atoms with van der Waals surface area (Å²) in [6, 6.07) is 9.59. The van der Waals surface area contributed by atoms with E-state index in [0.717, 1.165) is 24.8 Å². The molecule has 0 saturated carbocycles. The minimum absolute atomic E-state index is 0.00902. The third-order valence-electron chi connectivity index (χ3n) is 5.23. The van der Waals surface area contributed by atoms with Crippen molar-refractivity contribution in [1.29, 1.82) is 0 Å². The minimum Gasteiger partial charge on any atom is -0.462 e. The molecule has 0 amide bonds. The van der Waals surface area contributed by atoms with Crippen LogP contribution in [0.4, 0.5) is 5.88 Å². The number of rotatable bonds is 9. The van der Waals surface area contributed by atoms with Crippen LogP contribution in [0.15, 0.2) is 34.7 Å². The maximum Gasteiger partial charge on any atom is 0.344 e. The van der Waals surface area contributed by atoms with Crippen LogP contribution < -0.4 is 4.90 Å². The maximum absolute atomic E-state index is 13.1. The Balaban J connectivity index is 2.01. The molecule has 1 aliphatic heterocycles. The largest absolute Gasteiger partial charge is 0.462 e. The number of carbonyl (C=O) groups excluding carboxylic acids is 3. The molecule has 1 fully saturated rings. The summed E-state index contributed by atoms with van der Waals surface area (Å²) in [6.07, 6.45) is 3.60. The van der Waals surface area contributed by atoms with Gasteiger partial charge < -0.3 is 18.8 Å². The summed E-state index contributed by atoms with van der Waals surface area (Å²) in [5.41, 5.74) is 0.867. The molecule has 0 spiro atoms. The lowest BCUT2D eigenvalue weighted by Crippen LogP contribution is -2.30. The number of nitrogens with zero attached hydrogens (tertiary/aromatic N) is 1. The van der Waals surface area contributed by atoms with Crippen molar-refractivity contribution < 1.29 is 28.3 Å². The Hall–Kier alpha value is -3.09. The van der Waals surface area contributed by atoms with Crippen LogP contribution >= 0.6 is 0 Å². The predicted molar refractivity (Wildman–Crippen MR) is 116 cm³/mol. The average Bonchev–Trinajstić information content (AvgIpc) is 3.20. The lowest BCUT2D eigenvalue weighted by Gasteiger charge is -2.26. The average molecular weight is 427 g/mol. The molecule has 31 heavy (non-hydrogen) atoms. The molecule has 0 atom stereocenters. The Kier molecular flexibility index (Phi) is 7.87. The molecule has 7 nitrogen and oxygen atoms in total. The van der Waals surface area contributed by atoms with Crippen molar-refractivity contribution in [3.63, 3.8) is 0 Å². The zero-order chi connectivity index (χ0) is 22.2. The Bertz CT molecular complexity index is 912. The topological polar surface area (TPSA) is 86.1 Å². The van der Waals surface area contributed by atoms with Crippen molar-refractivity contribution in [3.8, 4) is 0 Å². The summed E-state index contributed by atoms with van der Waals surface area (Å²) < 4.78 is 16.3. The molecule has 0 bridgehead atoms. The molecule has 1 saturated heterocycles. The quantitative estimate of drug-likeness (QED) is 0.432. The zero-order valence-corrected chi connectivity index (χ0v) is 18.1. The van der Waals surface area contributed by atoms with E-state index in [2.05, 4.69) is 0 Å². The van der Waals surface area contributed by atoms with Gasteiger partial charge in [-0.25, -0.2) is 9.59 Å². The van der Waals surface area contributed by atoms with Crippen LogP contribution in [0.1, 0.15) is 76.4 Å². The first-order chi connectivity index (χ1) is 15.1. The molecule has 1 aromatic heterocycles. The first kappa shape index (κ1) is 22.6. The molecule has 3 rings (SSSR count). The van der Waals surface area contributed by atoms with Crippen LogP contribution in [-0.2, 0) is 15.9 Å². The number of carbonyl (C=O) groups is 3. The molecule has 0 N–H and O–H groups in total. The Labute approximate surface area is 182 Å². The van der Waals surface area contributed by atoms with E-state index < -0.39 is 11.9 Å². The standard InChI is InChI=1S/C24H29NO6/c1-3-29-23(27)19-20(24(28)30-4-2)22(25-15-9-6-10-16-25)31-21(19)18(26)14-13-17-11-7-5-8-12-17/h5,7-8,11-12H,3-4,6,9-10,13-16H2,1-2H3. The fourth-order valence-electron chi connectivity index (χ4n) is 3.74. The summed E-state index contributed by atoms with van der Waals surface area (Å²) >= 11 is 0. The SMILES string of the molecule is CCOC(=O)c1c(C(=O)CCc2ccccc2)oc(N2CCCCC2)c1C(=O)OCC. The number of Topliss-reactive ketones (excluding diaryl/α,β-unsaturated/α-hetero) is 1. The molecule has 0 radical (unpaired) electrons. The molecule has 7 heteroatoms. The fraction of sp³-hybridized carbons (Fsp3) is 0.458. The Morgan fingerprint density at radius 1 is 0.903 bits per heavy atom. The number of ether oxygens (including phenoxy) is 2. The van der Waals surface area contributed by atoms with Crippen molar-refractivity contribution in [3.05, 3.63) is 52.8 Å². The molecular formula is C24H29NO6. The van der Waals surface area contributed by atoms with E-state index in [1.165, 1.54) is 0 Å². The highest BCUT2D eigenvalue weighted by atomic mass is 16.5. The third kappa shape index (κ3) is 5.34. The molecule has 1 aromatic carbocycles. The van der Waals surface area contributed by atoms with Gasteiger partial charge in [0.05, 0.1) is 13.2 Å². The van der Waals surface area contributed by atoms with Crippen LogP contribution in [-0.4, -0.2) is 44.0 Å². The van der Waals surface area contributed by atoms with Gasteiger partial charge in [-0.3, -0.25) is 4.79 Å². The van der Waals surface area contributed by atoms with E-state index in [0.29, 0.717) is 19.5 Å². The molecule has 1 aliphatic rings. The number of hydrogen-bond acceptors (Lipinski definition) is 7. The predicted octanol–water partition coefficient (Wildman–Crippen LogP) is 4.44. The number of esters is 2. The van der Waals surface area contributed by atoms with E-state index >= 15 is 0 Å². The van der Waals surface area contributed by atoms with E-state index in [1.54, 1.807) is 13.8 Å². The van der Waals surface area contributed by atoms with Crippen molar-refractivity contribution in [1.82, 2.24) is 0 Å². The number of benzene rings is 1. The number of furan rings is 1. The van der Waals surface area contributed by atoms with E-state index in [-0.39, 0.29) is 48.2 Å². The van der Waals surface area contributed by atoms with E-state index in [1.807, 2.05) is 35.2 Å². The van der Waals surface area contributed by atoms with Gasteiger partial charge in [0.2, 0.25) is 5.88 Å². The molecular weight excluding hydrogens is 398 g/mol. The van der Waals surface area contributed by atoms with Crippen LogP contribution in [0.5, 0.6) is 0 Å². The number of anilines is 1. The summed E-state index contributed by atoms with van der Waals surface area (Å²) in [4.78, 5) is 40.6. The lowest BCUT2D eigenvalue weighted by atomic mass is 10.0. The number of piperidine rings is 1. The van der Waals surface area contributed by atoms with Crippen LogP contribution in [0, 0.1) is 0 Å². The van der Waals surface area contributed by atoms with Gasteiger partial charge in [-0.2, -0.15) is 0 Å². The van der Waals surface area contributed by atoms with Crippen LogP contribution in [0.2, 0.25) is 0 Å². The Morgan fingerprint density at radius 3 is 2.13 bits per heavy atom. The van der Waals surface area contributed by atoms with Gasteiger partial charge in [-0.1, -0.05) is 30.3 Å². The smallest absolute Gasteiger partial charge is 0.344 e. The minimum atomic E-state index is -0.749. The van der Waals surface area contributed by atoms with E-state index in [4.69, 9.17) is 13.9 Å². The maximum atomic E-state index is 13.1. The summed E-state index contributed by atoms with van der Waals surface area (Å²) in [5, 5.41) is 0. The molecule has 2 aromatic rings. The number of hydrogen-bond donors (Lipinski definition) is 0. The van der Waals surface area contributed by atoms with Crippen molar-refractivity contribution in [2.75, 3.05) is 31.2 Å². The first-order valence-corrected chi connectivity index (χ1v) is 10.9. The molecule has 166 valence electrons. The highest BCUT2D eigenvalue weighted by Crippen LogP contribution is 2.34. The second-order valence-corrected chi connectivity index (χ2v) is 7.38. The van der Waals surface area contributed by atoms with Gasteiger partial charge in [0.15, 0.2) is 11.5 Å². The summed E-state index contributed by atoms with van der Waals surface area (Å²) in [5.74, 6) is -1.68. The van der Waals surface area contributed by atoms with Gasteiger partial charge in [-0.05, 0) is 45.1 Å². The van der Waals surface area contributed by atoms with Crippen molar-refractivity contribution in [2.24, 2.45) is 0 Å². The number of aryl methyl sites for hydroxylation is 1. The van der Waals surface area contributed by atoms with Gasteiger partial charge in [0, 0.05) is 19.5 Å². The summed E-state index contributed by atoms with van der Waals surface area (Å²) in [7, 11) is 0. The molecule has 0 unspecified atom stereocenters. The molecule has 2 heterocycles. The fourth-order valence-corrected chi connectivity index (χ4v) is 3.74. The monoisotopic (exact) mass is 427 g/mol. The summed E-state index contributed by atoms with van der Waals surface area (Å²) in [6.45, 7) is 4.98. The van der Waals surface area contributed by atoms with Crippen LogP contribution in [0.3, 0.4) is 0 Å². The van der Waals surface area contributed by atoms with Gasteiger partial charge in [0.1, 0.15) is 11.1 Å². The van der Waals surface area contributed by atoms with Gasteiger partial charge in [0.25, 0.3) is 0 Å². The normalized spacial score (nSPS) is 13.7.